The lowest BCUT2D eigenvalue weighted by molar-refractivity contribution is -0.146. The van der Waals surface area contributed by atoms with Gasteiger partial charge in [0.1, 0.15) is 6.04 Å². The van der Waals surface area contributed by atoms with Gasteiger partial charge in [-0.1, -0.05) is 72.8 Å². The van der Waals surface area contributed by atoms with Crippen molar-refractivity contribution in [1.82, 2.24) is 9.80 Å². The normalized spacial score (nSPS) is 18.8. The predicted molar refractivity (Wildman–Crippen MR) is 166 cm³/mol. The van der Waals surface area contributed by atoms with Crippen LogP contribution in [0, 0.1) is 0 Å². The number of nitrogens with zero attached hydrogens (tertiary/aromatic N) is 4. The predicted octanol–water partition coefficient (Wildman–Crippen LogP) is 5.33. The summed E-state index contributed by atoms with van der Waals surface area (Å²) < 4.78 is 0. The minimum absolute atomic E-state index is 0.0137. The Hall–Kier alpha value is -4.66. The fraction of sp³-hybridized carbons (Fsp3) is 0.257. The SMILES string of the molecule is O=C(O)[C@@H]1CN(C(O)N2c3ccccc3CCc3ccccc32)CCN1C(=O)N1c2ccccc2CCc2ccccc21. The van der Waals surface area contributed by atoms with E-state index >= 15 is 0 Å². The topological polar surface area (TPSA) is 87.6 Å². The highest BCUT2D eigenvalue weighted by atomic mass is 16.4. The number of aliphatic hydroxyl groups excluding tert-OH is 1. The summed E-state index contributed by atoms with van der Waals surface area (Å²) in [5, 5.41) is 22.4. The van der Waals surface area contributed by atoms with Crippen molar-refractivity contribution < 1.29 is 19.8 Å². The number of piperazine rings is 1. The van der Waals surface area contributed by atoms with Crippen molar-refractivity contribution in [3.05, 3.63) is 119 Å². The highest BCUT2D eigenvalue weighted by Crippen LogP contribution is 2.39. The number of aliphatic carboxylic acids is 1. The summed E-state index contributed by atoms with van der Waals surface area (Å²) in [5.74, 6) is -1.10. The van der Waals surface area contributed by atoms with Gasteiger partial charge < -0.3 is 20.0 Å². The van der Waals surface area contributed by atoms with E-state index in [9.17, 15) is 19.8 Å². The summed E-state index contributed by atoms with van der Waals surface area (Å²) in [7, 11) is 0. The maximum absolute atomic E-state index is 14.4. The van der Waals surface area contributed by atoms with Crippen molar-refractivity contribution in [2.24, 2.45) is 0 Å². The molecule has 2 N–H and O–H groups in total. The number of anilines is 4. The van der Waals surface area contributed by atoms with Gasteiger partial charge in [-0.25, -0.2) is 9.59 Å². The Morgan fingerprint density at radius 2 is 1.05 bits per heavy atom. The Bertz CT molecular complexity index is 1590. The number of hydrogen-bond donors (Lipinski definition) is 2. The summed E-state index contributed by atoms with van der Waals surface area (Å²) in [6.45, 7) is 0.458. The molecule has 2 atom stereocenters. The van der Waals surface area contributed by atoms with E-state index in [0.717, 1.165) is 70.7 Å². The molecule has 8 nitrogen and oxygen atoms in total. The average Bonchev–Trinajstić information content (AvgIpc) is 3.32. The zero-order valence-corrected chi connectivity index (χ0v) is 23.8. The zero-order chi connectivity index (χ0) is 29.5. The lowest BCUT2D eigenvalue weighted by Gasteiger charge is -2.45. The number of fused-ring (bicyclic) bond motifs is 4. The molecule has 0 bridgehead atoms. The molecule has 0 aromatic heterocycles. The molecule has 4 aromatic carbocycles. The Morgan fingerprint density at radius 3 is 1.51 bits per heavy atom. The van der Waals surface area contributed by atoms with Gasteiger partial charge in [-0.2, -0.15) is 0 Å². The second-order valence-corrected chi connectivity index (χ2v) is 11.4. The van der Waals surface area contributed by atoms with Gasteiger partial charge in [-0.15, -0.1) is 0 Å². The molecular formula is C35H34N4O4. The number of rotatable bonds is 3. The molecule has 0 saturated carbocycles. The number of urea groups is 1. The van der Waals surface area contributed by atoms with Crippen LogP contribution in [0.2, 0.25) is 0 Å². The standard InChI is InChI=1S/C35H34N4O4/c40-33(41)32-23-36(34(42)38-28-13-5-1-9-24(28)17-18-25-10-2-6-14-29(25)38)21-22-37(32)35(43)39-30-15-7-3-11-26(30)19-20-27-12-4-8-16-31(27)39/h1-16,32,34,42H,17-23H2,(H,40,41)/t32-,34?/m0/s1. The quantitative estimate of drug-likeness (QED) is 0.344. The van der Waals surface area contributed by atoms with Crippen molar-refractivity contribution in [2.75, 3.05) is 29.4 Å². The molecule has 1 fully saturated rings. The summed E-state index contributed by atoms with van der Waals surface area (Å²) in [4.78, 5) is 34.0. The molecule has 3 heterocycles. The number of carboxylic acids is 1. The van der Waals surface area contributed by atoms with E-state index in [1.54, 1.807) is 9.80 Å². The summed E-state index contributed by atoms with van der Waals surface area (Å²) in [5.41, 5.74) is 7.72. The molecule has 3 aliphatic rings. The van der Waals surface area contributed by atoms with Crippen LogP contribution in [0.4, 0.5) is 27.5 Å². The molecule has 8 heteroatoms. The lowest BCUT2D eigenvalue weighted by atomic mass is 10.0. The van der Waals surface area contributed by atoms with Crippen molar-refractivity contribution in [3.8, 4) is 0 Å². The fourth-order valence-electron chi connectivity index (χ4n) is 6.79. The third kappa shape index (κ3) is 4.82. The van der Waals surface area contributed by atoms with Crippen molar-refractivity contribution in [2.45, 2.75) is 38.1 Å². The van der Waals surface area contributed by atoms with E-state index < -0.39 is 18.4 Å². The van der Waals surface area contributed by atoms with E-state index in [1.807, 2.05) is 89.8 Å². The second-order valence-electron chi connectivity index (χ2n) is 11.4. The molecule has 7 rings (SSSR count). The third-order valence-corrected chi connectivity index (χ3v) is 8.99. The Balaban J connectivity index is 1.22. The minimum Gasteiger partial charge on any atom is -0.480 e. The monoisotopic (exact) mass is 574 g/mol. The van der Waals surface area contributed by atoms with Crippen LogP contribution in [0.5, 0.6) is 0 Å². The average molecular weight is 575 g/mol. The van der Waals surface area contributed by atoms with Gasteiger partial charge in [0.15, 0.2) is 6.35 Å². The number of carbonyl (C=O) groups is 2. The molecule has 2 amide bonds. The van der Waals surface area contributed by atoms with Gasteiger partial charge in [0.25, 0.3) is 0 Å². The van der Waals surface area contributed by atoms with Gasteiger partial charge in [0, 0.05) is 31.0 Å². The van der Waals surface area contributed by atoms with Crippen molar-refractivity contribution >= 4 is 34.7 Å². The van der Waals surface area contributed by atoms with Crippen LogP contribution >= 0.6 is 0 Å². The number of carboxylic acid groups (broad SMARTS) is 1. The van der Waals surface area contributed by atoms with Crippen LogP contribution in [0.25, 0.3) is 0 Å². The van der Waals surface area contributed by atoms with Crippen molar-refractivity contribution in [3.63, 3.8) is 0 Å². The van der Waals surface area contributed by atoms with E-state index in [4.69, 9.17) is 0 Å². The number of aryl methyl sites for hydroxylation is 4. The first-order valence-corrected chi connectivity index (χ1v) is 14.9. The molecule has 0 radical (unpaired) electrons. The molecule has 3 aliphatic heterocycles. The second kappa shape index (κ2) is 11.2. The van der Waals surface area contributed by atoms with E-state index in [2.05, 4.69) is 12.1 Å². The number of aliphatic hydroxyl groups is 1. The van der Waals surface area contributed by atoms with Gasteiger partial charge in [0.05, 0.1) is 11.4 Å². The highest BCUT2D eigenvalue weighted by molar-refractivity contribution is 6.02. The lowest BCUT2D eigenvalue weighted by Crippen LogP contribution is -2.64. The van der Waals surface area contributed by atoms with Crippen LogP contribution in [0.3, 0.4) is 0 Å². The van der Waals surface area contributed by atoms with Crippen LogP contribution in [0.1, 0.15) is 22.3 Å². The fourth-order valence-corrected chi connectivity index (χ4v) is 6.79. The summed E-state index contributed by atoms with van der Waals surface area (Å²) >= 11 is 0. The first kappa shape index (κ1) is 27.2. The smallest absolute Gasteiger partial charge is 0.329 e. The number of benzene rings is 4. The van der Waals surface area contributed by atoms with Crippen LogP contribution in [-0.2, 0) is 30.5 Å². The van der Waals surface area contributed by atoms with E-state index in [0.29, 0.717) is 6.54 Å². The molecule has 4 aromatic rings. The molecule has 1 unspecified atom stereocenters. The van der Waals surface area contributed by atoms with Gasteiger partial charge in [-0.3, -0.25) is 9.80 Å². The summed E-state index contributed by atoms with van der Waals surface area (Å²) in [6.07, 6.45) is 2.15. The van der Waals surface area contributed by atoms with Crippen LogP contribution in [0.15, 0.2) is 97.1 Å². The molecule has 0 spiro atoms. The Labute approximate surface area is 251 Å². The third-order valence-electron chi connectivity index (χ3n) is 8.99. The molecule has 43 heavy (non-hydrogen) atoms. The maximum atomic E-state index is 14.4. The van der Waals surface area contributed by atoms with Crippen molar-refractivity contribution in [1.29, 1.82) is 0 Å². The number of hydrogen-bond acceptors (Lipinski definition) is 5. The van der Waals surface area contributed by atoms with E-state index in [1.165, 1.54) is 4.90 Å². The highest BCUT2D eigenvalue weighted by Gasteiger charge is 2.42. The Kier molecular flexibility index (Phi) is 7.08. The number of carbonyl (C=O) groups excluding carboxylic acids is 1. The van der Waals surface area contributed by atoms with Crippen LogP contribution < -0.4 is 9.80 Å². The number of para-hydroxylation sites is 4. The molecular weight excluding hydrogens is 540 g/mol. The summed E-state index contributed by atoms with van der Waals surface area (Å²) in [6, 6.07) is 30.3. The molecule has 218 valence electrons. The van der Waals surface area contributed by atoms with E-state index in [-0.39, 0.29) is 19.1 Å². The van der Waals surface area contributed by atoms with Gasteiger partial charge in [0.2, 0.25) is 0 Å². The Morgan fingerprint density at radius 1 is 0.628 bits per heavy atom. The molecule has 1 saturated heterocycles. The van der Waals surface area contributed by atoms with Crippen LogP contribution in [-0.4, -0.2) is 64.0 Å². The number of amides is 2. The largest absolute Gasteiger partial charge is 0.480 e. The first-order chi connectivity index (χ1) is 21.0. The van der Waals surface area contributed by atoms with Gasteiger partial charge >= 0.3 is 12.0 Å². The minimum atomic E-state index is -1.14. The zero-order valence-electron chi connectivity index (χ0n) is 23.8. The maximum Gasteiger partial charge on any atom is 0.329 e. The van der Waals surface area contributed by atoms with Gasteiger partial charge in [-0.05, 0) is 72.2 Å². The first-order valence-electron chi connectivity index (χ1n) is 14.9. The molecule has 0 aliphatic carbocycles.